The number of carbonyl (C=O) groups is 1. The van der Waals surface area contributed by atoms with Crippen molar-refractivity contribution >= 4 is 27.5 Å². The van der Waals surface area contributed by atoms with E-state index < -0.39 is 0 Å². The van der Waals surface area contributed by atoms with Crippen molar-refractivity contribution in [1.82, 2.24) is 14.8 Å². The number of likely N-dealkylation sites (N-methyl/N-ethyl adjacent to an activating group) is 2. The quantitative estimate of drug-likeness (QED) is 0.559. The number of hydrogen-bond donors (Lipinski definition) is 0. The highest BCUT2D eigenvalue weighted by Crippen LogP contribution is 2.29. The first-order valence-electron chi connectivity index (χ1n) is 9.43. The molecule has 0 aliphatic carbocycles. The average Bonchev–Trinajstić information content (AvgIpc) is 3.17. The van der Waals surface area contributed by atoms with E-state index >= 15 is 0 Å². The number of benzene rings is 2. The van der Waals surface area contributed by atoms with Crippen molar-refractivity contribution in [1.29, 1.82) is 0 Å². The van der Waals surface area contributed by atoms with Gasteiger partial charge in [0, 0.05) is 25.2 Å². The molecule has 0 spiro atoms. The summed E-state index contributed by atoms with van der Waals surface area (Å²) in [6, 6.07) is 13.7. The monoisotopic (exact) mass is 413 g/mol. The van der Waals surface area contributed by atoms with Gasteiger partial charge in [-0.3, -0.25) is 9.69 Å². The van der Waals surface area contributed by atoms with Crippen LogP contribution in [0.4, 0.5) is 0 Å². The number of hydrogen-bond acceptors (Lipinski definition) is 6. The summed E-state index contributed by atoms with van der Waals surface area (Å²) in [4.78, 5) is 21.3. The first-order valence-corrected chi connectivity index (χ1v) is 10.2. The molecule has 0 saturated heterocycles. The van der Waals surface area contributed by atoms with E-state index in [-0.39, 0.29) is 11.9 Å². The molecule has 0 unspecified atom stereocenters. The molecule has 3 rings (SSSR count). The summed E-state index contributed by atoms with van der Waals surface area (Å²) in [5.41, 5.74) is 1.98. The molecule has 1 aromatic heterocycles. The lowest BCUT2D eigenvalue weighted by Crippen LogP contribution is -2.37. The van der Waals surface area contributed by atoms with Crippen LogP contribution >= 0.6 is 11.3 Å². The predicted octanol–water partition coefficient (Wildman–Crippen LogP) is 3.96. The fraction of sp³-hybridized carbons (Fsp3) is 0.364. The molecular formula is C22H27N3O3S. The second-order valence-corrected chi connectivity index (χ2v) is 8.11. The van der Waals surface area contributed by atoms with Crippen LogP contribution in [0.15, 0.2) is 42.5 Å². The maximum Gasteiger partial charge on any atom is 0.237 e. The number of carbonyl (C=O) groups excluding carboxylic acids is 1. The summed E-state index contributed by atoms with van der Waals surface area (Å²) in [6.07, 6.45) is 0. The topological polar surface area (TPSA) is 54.9 Å². The SMILES string of the molecule is COc1ccc(CN(C)CC(=O)N(C)[C@H](C)c2nc3ccccc3s2)c(OC)c1. The molecule has 1 heterocycles. The first-order chi connectivity index (χ1) is 13.9. The van der Waals surface area contributed by atoms with E-state index in [1.54, 1.807) is 30.5 Å². The molecule has 0 fully saturated rings. The predicted molar refractivity (Wildman–Crippen MR) is 117 cm³/mol. The molecule has 0 bridgehead atoms. The van der Waals surface area contributed by atoms with E-state index in [4.69, 9.17) is 9.47 Å². The zero-order valence-corrected chi connectivity index (χ0v) is 18.3. The van der Waals surface area contributed by atoms with Crippen molar-refractivity contribution in [2.45, 2.75) is 19.5 Å². The summed E-state index contributed by atoms with van der Waals surface area (Å²) in [7, 11) is 7.03. The van der Waals surface area contributed by atoms with Crippen LogP contribution in [-0.2, 0) is 11.3 Å². The van der Waals surface area contributed by atoms with Crippen LogP contribution in [0.3, 0.4) is 0 Å². The lowest BCUT2D eigenvalue weighted by molar-refractivity contribution is -0.132. The van der Waals surface area contributed by atoms with Gasteiger partial charge in [-0.1, -0.05) is 18.2 Å². The van der Waals surface area contributed by atoms with E-state index in [1.807, 2.05) is 62.3 Å². The Morgan fingerprint density at radius 3 is 2.59 bits per heavy atom. The van der Waals surface area contributed by atoms with E-state index in [0.717, 1.165) is 32.3 Å². The molecular weight excluding hydrogens is 386 g/mol. The molecule has 154 valence electrons. The van der Waals surface area contributed by atoms with Crippen molar-refractivity contribution < 1.29 is 14.3 Å². The third kappa shape index (κ3) is 4.86. The summed E-state index contributed by atoms with van der Waals surface area (Å²) in [5, 5.41) is 0.946. The Kier molecular flexibility index (Phi) is 6.71. The van der Waals surface area contributed by atoms with Gasteiger partial charge in [-0.05, 0) is 32.2 Å². The minimum absolute atomic E-state index is 0.0479. The average molecular weight is 414 g/mol. The molecule has 1 amide bonds. The fourth-order valence-corrected chi connectivity index (χ4v) is 4.18. The summed E-state index contributed by atoms with van der Waals surface area (Å²) >= 11 is 1.63. The third-order valence-corrected chi connectivity index (χ3v) is 6.19. The molecule has 0 aliphatic rings. The lowest BCUT2D eigenvalue weighted by atomic mass is 10.1. The molecule has 2 aromatic carbocycles. The number of amides is 1. The highest BCUT2D eigenvalue weighted by Gasteiger charge is 2.22. The number of aromatic nitrogens is 1. The molecule has 3 aromatic rings. The van der Waals surface area contributed by atoms with Gasteiger partial charge in [0.25, 0.3) is 0 Å². The van der Waals surface area contributed by atoms with Crippen LogP contribution in [-0.4, -0.2) is 55.6 Å². The Morgan fingerprint density at radius 2 is 1.90 bits per heavy atom. The van der Waals surface area contributed by atoms with Crippen molar-refractivity contribution in [3.05, 3.63) is 53.0 Å². The smallest absolute Gasteiger partial charge is 0.237 e. The number of nitrogens with zero attached hydrogens (tertiary/aromatic N) is 3. The number of fused-ring (bicyclic) bond motifs is 1. The van der Waals surface area contributed by atoms with Gasteiger partial charge in [-0.15, -0.1) is 11.3 Å². The van der Waals surface area contributed by atoms with Crippen LogP contribution in [0.2, 0.25) is 0 Å². The number of methoxy groups -OCH3 is 2. The standard InChI is InChI=1S/C22H27N3O3S/c1-15(22-23-18-8-6-7-9-20(18)29-22)25(3)21(26)14-24(2)13-16-10-11-17(27-4)12-19(16)28-5/h6-12,15H,13-14H2,1-5H3/t15-/m1/s1. The number of rotatable bonds is 8. The lowest BCUT2D eigenvalue weighted by Gasteiger charge is -2.26. The summed E-state index contributed by atoms with van der Waals surface area (Å²) in [5.74, 6) is 1.54. The van der Waals surface area contributed by atoms with Crippen molar-refractivity contribution in [2.24, 2.45) is 0 Å². The van der Waals surface area contributed by atoms with Gasteiger partial charge < -0.3 is 14.4 Å². The second kappa shape index (κ2) is 9.24. The van der Waals surface area contributed by atoms with Crippen LogP contribution < -0.4 is 9.47 Å². The molecule has 0 saturated carbocycles. The molecule has 1 atom stereocenters. The minimum Gasteiger partial charge on any atom is -0.497 e. The van der Waals surface area contributed by atoms with Crippen LogP contribution in [0.1, 0.15) is 23.5 Å². The van der Waals surface area contributed by atoms with E-state index in [9.17, 15) is 4.79 Å². The van der Waals surface area contributed by atoms with Gasteiger partial charge in [0.15, 0.2) is 0 Å². The number of para-hydroxylation sites is 1. The Balaban J connectivity index is 1.64. The van der Waals surface area contributed by atoms with E-state index in [2.05, 4.69) is 11.1 Å². The summed E-state index contributed by atoms with van der Waals surface area (Å²) < 4.78 is 11.8. The highest BCUT2D eigenvalue weighted by atomic mass is 32.1. The van der Waals surface area contributed by atoms with Gasteiger partial charge in [0.2, 0.25) is 5.91 Å². The van der Waals surface area contributed by atoms with Gasteiger partial charge in [-0.25, -0.2) is 4.98 Å². The normalized spacial score (nSPS) is 12.2. The van der Waals surface area contributed by atoms with Gasteiger partial charge >= 0.3 is 0 Å². The van der Waals surface area contributed by atoms with Crippen molar-refractivity contribution in [3.8, 4) is 11.5 Å². The number of ether oxygens (including phenoxy) is 2. The Morgan fingerprint density at radius 1 is 1.14 bits per heavy atom. The Bertz CT molecular complexity index is 955. The molecule has 0 aliphatic heterocycles. The van der Waals surface area contributed by atoms with E-state index in [0.29, 0.717) is 13.1 Å². The zero-order valence-electron chi connectivity index (χ0n) is 17.5. The highest BCUT2D eigenvalue weighted by molar-refractivity contribution is 7.18. The minimum atomic E-state index is -0.0798. The van der Waals surface area contributed by atoms with E-state index in [1.165, 1.54) is 0 Å². The summed E-state index contributed by atoms with van der Waals surface area (Å²) in [6.45, 7) is 2.92. The van der Waals surface area contributed by atoms with Crippen LogP contribution in [0.25, 0.3) is 10.2 Å². The van der Waals surface area contributed by atoms with Crippen LogP contribution in [0.5, 0.6) is 11.5 Å². The fourth-order valence-electron chi connectivity index (χ4n) is 3.12. The van der Waals surface area contributed by atoms with Gasteiger partial charge in [0.05, 0.1) is 37.0 Å². The maximum atomic E-state index is 12.8. The zero-order chi connectivity index (χ0) is 21.0. The second-order valence-electron chi connectivity index (χ2n) is 7.05. The molecule has 7 heteroatoms. The molecule has 0 N–H and O–H groups in total. The Labute approximate surface area is 175 Å². The third-order valence-electron chi connectivity index (χ3n) is 4.98. The maximum absolute atomic E-state index is 12.8. The molecule has 6 nitrogen and oxygen atoms in total. The van der Waals surface area contributed by atoms with Gasteiger partial charge in [-0.2, -0.15) is 0 Å². The first kappa shape index (κ1) is 21.1. The molecule has 0 radical (unpaired) electrons. The largest absolute Gasteiger partial charge is 0.497 e. The number of thiazole rings is 1. The van der Waals surface area contributed by atoms with Crippen molar-refractivity contribution in [3.63, 3.8) is 0 Å². The van der Waals surface area contributed by atoms with Gasteiger partial charge in [0.1, 0.15) is 16.5 Å². The van der Waals surface area contributed by atoms with Crippen molar-refractivity contribution in [2.75, 3.05) is 34.9 Å². The van der Waals surface area contributed by atoms with Crippen LogP contribution in [0, 0.1) is 0 Å². The molecule has 29 heavy (non-hydrogen) atoms. The Hall–Kier alpha value is -2.64.